The van der Waals surface area contributed by atoms with Crippen molar-refractivity contribution < 1.29 is 23.1 Å². The molecule has 0 unspecified atom stereocenters. The number of amides is 2. The second kappa shape index (κ2) is 10.1. The van der Waals surface area contributed by atoms with Crippen LogP contribution < -0.4 is 15.4 Å². The van der Waals surface area contributed by atoms with Crippen LogP contribution in [0, 0.1) is 5.92 Å². The number of alkyl halides is 2. The fourth-order valence-electron chi connectivity index (χ4n) is 3.00. The van der Waals surface area contributed by atoms with Gasteiger partial charge in [-0.25, -0.2) is 0 Å². The number of hydrogen-bond acceptors (Lipinski definition) is 4. The Kier molecular flexibility index (Phi) is 7.77. The molecule has 1 aliphatic rings. The van der Waals surface area contributed by atoms with E-state index in [9.17, 15) is 18.4 Å². The molecule has 0 radical (unpaired) electrons. The van der Waals surface area contributed by atoms with Gasteiger partial charge in [-0.15, -0.1) is 0 Å². The predicted octanol–water partition coefficient (Wildman–Crippen LogP) is 1.40. The van der Waals surface area contributed by atoms with E-state index < -0.39 is 6.61 Å². The normalized spacial score (nSPS) is 15.7. The third kappa shape index (κ3) is 6.59. The molecule has 0 atom stereocenters. The van der Waals surface area contributed by atoms with Crippen molar-refractivity contribution in [3.05, 3.63) is 29.8 Å². The summed E-state index contributed by atoms with van der Waals surface area (Å²) < 4.78 is 28.5. The Balaban J connectivity index is 1.64. The number of nitrogens with zero attached hydrogens (tertiary/aromatic N) is 1. The lowest BCUT2D eigenvalue weighted by Crippen LogP contribution is -2.44. The van der Waals surface area contributed by atoms with Crippen molar-refractivity contribution in [3.63, 3.8) is 0 Å². The van der Waals surface area contributed by atoms with Crippen LogP contribution in [-0.2, 0) is 16.0 Å². The maximum absolute atomic E-state index is 12.1. The van der Waals surface area contributed by atoms with Gasteiger partial charge in [-0.2, -0.15) is 8.78 Å². The molecule has 2 N–H and O–H groups in total. The average molecular weight is 369 g/mol. The maximum Gasteiger partial charge on any atom is 0.387 e. The van der Waals surface area contributed by atoms with Gasteiger partial charge in [-0.1, -0.05) is 12.1 Å². The molecule has 1 heterocycles. The van der Waals surface area contributed by atoms with Gasteiger partial charge in [0.25, 0.3) is 0 Å². The molecule has 0 aliphatic carbocycles. The molecule has 1 aromatic rings. The summed E-state index contributed by atoms with van der Waals surface area (Å²) in [6, 6.07) is 6.38. The smallest absolute Gasteiger partial charge is 0.387 e. The summed E-state index contributed by atoms with van der Waals surface area (Å²) in [7, 11) is 1.64. The Morgan fingerprint density at radius 3 is 2.46 bits per heavy atom. The average Bonchev–Trinajstić information content (AvgIpc) is 2.62. The zero-order valence-corrected chi connectivity index (χ0v) is 14.8. The lowest BCUT2D eigenvalue weighted by atomic mass is 9.96. The molecule has 1 aromatic carbocycles. The second-order valence-electron chi connectivity index (χ2n) is 6.29. The summed E-state index contributed by atoms with van der Waals surface area (Å²) in [6.07, 6.45) is 2.14. The highest BCUT2D eigenvalue weighted by atomic mass is 19.3. The highest BCUT2D eigenvalue weighted by Crippen LogP contribution is 2.17. The molecule has 6 nitrogen and oxygen atoms in total. The minimum Gasteiger partial charge on any atom is -0.435 e. The number of carbonyl (C=O) groups excluding carboxylic acids is 2. The van der Waals surface area contributed by atoms with Crippen LogP contribution in [0.1, 0.15) is 18.4 Å². The SMILES string of the molecule is CNC(=O)C1CCN(CC(=O)NCCc2ccc(OC(F)F)cc2)CC1. The molecule has 2 amide bonds. The van der Waals surface area contributed by atoms with E-state index in [1.807, 2.05) is 4.90 Å². The molecule has 8 heteroatoms. The summed E-state index contributed by atoms with van der Waals surface area (Å²) in [5.41, 5.74) is 0.929. The van der Waals surface area contributed by atoms with E-state index in [0.717, 1.165) is 31.5 Å². The highest BCUT2D eigenvalue weighted by molar-refractivity contribution is 5.79. The van der Waals surface area contributed by atoms with Crippen LogP contribution in [0.15, 0.2) is 24.3 Å². The minimum atomic E-state index is -2.83. The highest BCUT2D eigenvalue weighted by Gasteiger charge is 2.24. The molecule has 1 saturated heterocycles. The molecule has 2 rings (SSSR count). The maximum atomic E-state index is 12.1. The second-order valence-corrected chi connectivity index (χ2v) is 6.29. The van der Waals surface area contributed by atoms with Crippen molar-refractivity contribution >= 4 is 11.8 Å². The first-order valence-electron chi connectivity index (χ1n) is 8.72. The lowest BCUT2D eigenvalue weighted by molar-refractivity contribution is -0.126. The van der Waals surface area contributed by atoms with Gasteiger partial charge in [0, 0.05) is 19.5 Å². The van der Waals surface area contributed by atoms with Gasteiger partial charge < -0.3 is 15.4 Å². The van der Waals surface area contributed by atoms with Crippen LogP contribution in [0.2, 0.25) is 0 Å². The minimum absolute atomic E-state index is 0.0383. The van der Waals surface area contributed by atoms with Gasteiger partial charge in [0.1, 0.15) is 5.75 Å². The molecule has 0 aromatic heterocycles. The predicted molar refractivity (Wildman–Crippen MR) is 93.0 cm³/mol. The molecule has 0 bridgehead atoms. The zero-order chi connectivity index (χ0) is 18.9. The molecule has 1 fully saturated rings. The van der Waals surface area contributed by atoms with E-state index in [0.29, 0.717) is 19.5 Å². The molecule has 26 heavy (non-hydrogen) atoms. The first kappa shape index (κ1) is 20.1. The van der Waals surface area contributed by atoms with Gasteiger partial charge in [0.15, 0.2) is 0 Å². The van der Waals surface area contributed by atoms with Crippen LogP contribution >= 0.6 is 0 Å². The topological polar surface area (TPSA) is 70.7 Å². The first-order valence-corrected chi connectivity index (χ1v) is 8.72. The van der Waals surface area contributed by atoms with E-state index in [1.54, 1.807) is 19.2 Å². The number of piperidine rings is 1. The number of halogens is 2. The van der Waals surface area contributed by atoms with Crippen LogP contribution in [0.25, 0.3) is 0 Å². The number of ether oxygens (including phenoxy) is 1. The molecule has 0 spiro atoms. The van der Waals surface area contributed by atoms with E-state index in [4.69, 9.17) is 0 Å². The molecule has 0 saturated carbocycles. The van der Waals surface area contributed by atoms with Crippen molar-refractivity contribution in [1.82, 2.24) is 15.5 Å². The summed E-state index contributed by atoms with van der Waals surface area (Å²) in [5.74, 6) is 0.171. The third-order valence-electron chi connectivity index (χ3n) is 4.46. The van der Waals surface area contributed by atoms with Crippen LogP contribution in [0.4, 0.5) is 8.78 Å². The fourth-order valence-corrected chi connectivity index (χ4v) is 3.00. The van der Waals surface area contributed by atoms with Gasteiger partial charge in [0.05, 0.1) is 6.54 Å². The Bertz CT molecular complexity index is 588. The standard InChI is InChI=1S/C18H25F2N3O3/c1-21-17(25)14-7-10-23(11-8-14)12-16(24)22-9-6-13-2-4-15(5-3-13)26-18(19)20/h2-5,14,18H,6-12H2,1H3,(H,21,25)(H,22,24). The van der Waals surface area contributed by atoms with Gasteiger partial charge in [-0.3, -0.25) is 14.5 Å². The monoisotopic (exact) mass is 369 g/mol. The van der Waals surface area contributed by atoms with Crippen molar-refractivity contribution in [1.29, 1.82) is 0 Å². The Morgan fingerprint density at radius 1 is 1.23 bits per heavy atom. The van der Waals surface area contributed by atoms with Crippen molar-refractivity contribution in [2.24, 2.45) is 5.92 Å². The Morgan fingerprint density at radius 2 is 1.88 bits per heavy atom. The molecular formula is C18H25F2N3O3. The van der Waals surface area contributed by atoms with Crippen LogP contribution in [0.5, 0.6) is 5.75 Å². The Hall–Kier alpha value is -2.22. The summed E-state index contributed by atoms with van der Waals surface area (Å²) in [5, 5.41) is 5.52. The van der Waals surface area contributed by atoms with Crippen molar-refractivity contribution in [2.45, 2.75) is 25.9 Å². The largest absolute Gasteiger partial charge is 0.435 e. The number of likely N-dealkylation sites (tertiary alicyclic amines) is 1. The van der Waals surface area contributed by atoms with Crippen LogP contribution in [-0.4, -0.2) is 56.6 Å². The molecule has 1 aliphatic heterocycles. The number of nitrogens with one attached hydrogen (secondary N) is 2. The van der Waals surface area contributed by atoms with Crippen molar-refractivity contribution in [3.8, 4) is 5.75 Å². The Labute approximate surface area is 151 Å². The first-order chi connectivity index (χ1) is 12.5. The fraction of sp³-hybridized carbons (Fsp3) is 0.556. The van der Waals surface area contributed by atoms with E-state index in [1.165, 1.54) is 12.1 Å². The summed E-state index contributed by atoms with van der Waals surface area (Å²) in [6.45, 7) is -0.570. The van der Waals surface area contributed by atoms with Gasteiger partial charge >= 0.3 is 6.61 Å². The lowest BCUT2D eigenvalue weighted by Gasteiger charge is -2.30. The number of hydrogen-bond donors (Lipinski definition) is 2. The number of carbonyl (C=O) groups is 2. The van der Waals surface area contributed by atoms with Gasteiger partial charge in [-0.05, 0) is 50.0 Å². The quantitative estimate of drug-likeness (QED) is 0.727. The van der Waals surface area contributed by atoms with E-state index in [2.05, 4.69) is 15.4 Å². The number of benzene rings is 1. The van der Waals surface area contributed by atoms with Crippen LogP contribution in [0.3, 0.4) is 0 Å². The van der Waals surface area contributed by atoms with E-state index >= 15 is 0 Å². The van der Waals surface area contributed by atoms with Gasteiger partial charge in [0.2, 0.25) is 11.8 Å². The summed E-state index contributed by atoms with van der Waals surface area (Å²) >= 11 is 0. The van der Waals surface area contributed by atoms with Crippen molar-refractivity contribution in [2.75, 3.05) is 33.2 Å². The van der Waals surface area contributed by atoms with E-state index in [-0.39, 0.29) is 23.5 Å². The number of rotatable bonds is 8. The third-order valence-corrected chi connectivity index (χ3v) is 4.46. The molecule has 144 valence electrons. The summed E-state index contributed by atoms with van der Waals surface area (Å²) in [4.78, 5) is 25.7. The molecular weight excluding hydrogens is 344 g/mol. The zero-order valence-electron chi connectivity index (χ0n) is 14.8.